The summed E-state index contributed by atoms with van der Waals surface area (Å²) in [5.74, 6) is 1.21. The quantitative estimate of drug-likeness (QED) is 0.753. The summed E-state index contributed by atoms with van der Waals surface area (Å²) in [6.45, 7) is 6.89. The van der Waals surface area contributed by atoms with E-state index in [-0.39, 0.29) is 5.91 Å². The third kappa shape index (κ3) is 4.58. The van der Waals surface area contributed by atoms with E-state index in [0.29, 0.717) is 24.5 Å². The Morgan fingerprint density at radius 1 is 1.26 bits per heavy atom. The summed E-state index contributed by atoms with van der Waals surface area (Å²) in [5, 5.41) is 6.85. The van der Waals surface area contributed by atoms with E-state index in [9.17, 15) is 4.79 Å². The molecular weight excluding hydrogens is 292 g/mol. The molecule has 2 rings (SSSR count). The molecule has 124 valence electrons. The molecule has 5 heteroatoms. The lowest BCUT2D eigenvalue weighted by atomic mass is 10.1. The summed E-state index contributed by atoms with van der Waals surface area (Å²) in [6, 6.07) is 7.28. The molecule has 0 atom stereocenters. The van der Waals surface area contributed by atoms with Crippen LogP contribution >= 0.6 is 0 Å². The predicted octanol–water partition coefficient (Wildman–Crippen LogP) is 3.79. The van der Waals surface area contributed by atoms with Crippen LogP contribution in [0.5, 0.6) is 5.75 Å². The van der Waals surface area contributed by atoms with Crippen molar-refractivity contribution in [1.82, 2.24) is 10.5 Å². The van der Waals surface area contributed by atoms with Crippen molar-refractivity contribution in [3.63, 3.8) is 0 Å². The van der Waals surface area contributed by atoms with E-state index in [1.807, 2.05) is 26.0 Å². The first-order chi connectivity index (χ1) is 11.1. The topological polar surface area (TPSA) is 64.4 Å². The SMILES string of the molecule is CCCCCNC(=O)c1ccccc1OCc1c(C)noc1C. The molecule has 0 aliphatic rings. The van der Waals surface area contributed by atoms with Gasteiger partial charge >= 0.3 is 0 Å². The van der Waals surface area contributed by atoms with Gasteiger partial charge in [-0.2, -0.15) is 0 Å². The van der Waals surface area contributed by atoms with Crippen LogP contribution in [0.2, 0.25) is 0 Å². The summed E-state index contributed by atoms with van der Waals surface area (Å²) in [6.07, 6.45) is 3.24. The van der Waals surface area contributed by atoms with Gasteiger partial charge < -0.3 is 14.6 Å². The number of benzene rings is 1. The third-order valence-corrected chi connectivity index (χ3v) is 3.75. The average molecular weight is 316 g/mol. The highest BCUT2D eigenvalue weighted by Crippen LogP contribution is 2.21. The van der Waals surface area contributed by atoms with Gasteiger partial charge in [-0.05, 0) is 32.4 Å². The van der Waals surface area contributed by atoms with Crippen LogP contribution in [0, 0.1) is 13.8 Å². The monoisotopic (exact) mass is 316 g/mol. The van der Waals surface area contributed by atoms with E-state index < -0.39 is 0 Å². The van der Waals surface area contributed by atoms with Gasteiger partial charge in [0.25, 0.3) is 5.91 Å². The van der Waals surface area contributed by atoms with Crippen molar-refractivity contribution in [3.05, 3.63) is 46.8 Å². The molecule has 1 N–H and O–H groups in total. The Morgan fingerprint density at radius 3 is 2.74 bits per heavy atom. The normalized spacial score (nSPS) is 10.6. The third-order valence-electron chi connectivity index (χ3n) is 3.75. The van der Waals surface area contributed by atoms with Crippen molar-refractivity contribution >= 4 is 5.91 Å². The molecule has 1 aromatic heterocycles. The zero-order chi connectivity index (χ0) is 16.7. The lowest BCUT2D eigenvalue weighted by Crippen LogP contribution is -2.25. The molecule has 0 spiro atoms. The standard InChI is InChI=1S/C18H24N2O3/c1-4-5-8-11-19-18(21)15-9-6-7-10-17(15)22-12-16-13(2)20-23-14(16)3/h6-7,9-10H,4-5,8,11-12H2,1-3H3,(H,19,21). The molecule has 0 unspecified atom stereocenters. The van der Waals surface area contributed by atoms with Gasteiger partial charge in [-0.25, -0.2) is 0 Å². The molecule has 0 aliphatic heterocycles. The first-order valence-electron chi connectivity index (χ1n) is 8.05. The van der Waals surface area contributed by atoms with Gasteiger partial charge in [0.2, 0.25) is 0 Å². The molecule has 1 amide bonds. The molecule has 0 aliphatic carbocycles. The summed E-state index contributed by atoms with van der Waals surface area (Å²) in [5.41, 5.74) is 2.28. The van der Waals surface area contributed by atoms with Crippen molar-refractivity contribution in [3.8, 4) is 5.75 Å². The van der Waals surface area contributed by atoms with Gasteiger partial charge in [0.15, 0.2) is 0 Å². The zero-order valence-corrected chi connectivity index (χ0v) is 14.0. The van der Waals surface area contributed by atoms with Gasteiger partial charge in [-0.1, -0.05) is 37.1 Å². The van der Waals surface area contributed by atoms with Gasteiger partial charge in [0, 0.05) is 6.54 Å². The summed E-state index contributed by atoms with van der Waals surface area (Å²) < 4.78 is 11.0. The average Bonchev–Trinajstić information content (AvgIpc) is 2.88. The van der Waals surface area contributed by atoms with E-state index in [1.165, 1.54) is 0 Å². The van der Waals surface area contributed by atoms with E-state index in [0.717, 1.165) is 36.3 Å². The zero-order valence-electron chi connectivity index (χ0n) is 14.0. The van der Waals surface area contributed by atoms with Crippen molar-refractivity contribution in [2.24, 2.45) is 0 Å². The Bertz CT molecular complexity index is 630. The second kappa shape index (κ2) is 8.36. The van der Waals surface area contributed by atoms with Crippen LogP contribution in [0.1, 0.15) is 53.6 Å². The van der Waals surface area contributed by atoms with Crippen molar-refractivity contribution in [2.75, 3.05) is 6.54 Å². The van der Waals surface area contributed by atoms with Crippen LogP contribution in [0.4, 0.5) is 0 Å². The number of amides is 1. The number of nitrogens with zero attached hydrogens (tertiary/aromatic N) is 1. The maximum Gasteiger partial charge on any atom is 0.255 e. The Hall–Kier alpha value is -2.30. The molecule has 23 heavy (non-hydrogen) atoms. The second-order valence-corrected chi connectivity index (χ2v) is 5.55. The van der Waals surface area contributed by atoms with E-state index in [4.69, 9.17) is 9.26 Å². The fraction of sp³-hybridized carbons (Fsp3) is 0.444. The lowest BCUT2D eigenvalue weighted by molar-refractivity contribution is 0.0948. The molecule has 0 saturated carbocycles. The van der Waals surface area contributed by atoms with Gasteiger partial charge in [0.05, 0.1) is 16.8 Å². The van der Waals surface area contributed by atoms with Crippen molar-refractivity contribution in [1.29, 1.82) is 0 Å². The first kappa shape index (κ1) is 17.1. The Labute approximate surface area is 137 Å². The van der Waals surface area contributed by atoms with Crippen LogP contribution in [0.25, 0.3) is 0 Å². The number of hydrogen-bond donors (Lipinski definition) is 1. The number of carbonyl (C=O) groups excluding carboxylic acids is 1. The Morgan fingerprint density at radius 2 is 2.04 bits per heavy atom. The van der Waals surface area contributed by atoms with Gasteiger partial charge in [-0.3, -0.25) is 4.79 Å². The smallest absolute Gasteiger partial charge is 0.255 e. The van der Waals surface area contributed by atoms with Crippen LogP contribution in [0.3, 0.4) is 0 Å². The minimum Gasteiger partial charge on any atom is -0.488 e. The van der Waals surface area contributed by atoms with Gasteiger partial charge in [0.1, 0.15) is 18.1 Å². The Kier molecular flexibility index (Phi) is 6.20. The molecule has 1 aromatic carbocycles. The van der Waals surface area contributed by atoms with Crippen LogP contribution < -0.4 is 10.1 Å². The predicted molar refractivity (Wildman–Crippen MR) is 88.6 cm³/mol. The van der Waals surface area contributed by atoms with Crippen LogP contribution in [-0.4, -0.2) is 17.6 Å². The highest BCUT2D eigenvalue weighted by atomic mass is 16.5. The molecule has 0 fully saturated rings. The van der Waals surface area contributed by atoms with Crippen LogP contribution in [-0.2, 0) is 6.61 Å². The Balaban J connectivity index is 2.01. The van der Waals surface area contributed by atoms with Crippen molar-refractivity contribution in [2.45, 2.75) is 46.6 Å². The summed E-state index contributed by atoms with van der Waals surface area (Å²) >= 11 is 0. The number of carbonyl (C=O) groups is 1. The van der Waals surface area contributed by atoms with E-state index in [1.54, 1.807) is 12.1 Å². The molecule has 0 bridgehead atoms. The number of para-hydroxylation sites is 1. The highest BCUT2D eigenvalue weighted by Gasteiger charge is 2.14. The number of ether oxygens (including phenoxy) is 1. The maximum atomic E-state index is 12.3. The lowest BCUT2D eigenvalue weighted by Gasteiger charge is -2.11. The fourth-order valence-corrected chi connectivity index (χ4v) is 2.31. The molecular formula is C18H24N2O3. The van der Waals surface area contributed by atoms with E-state index in [2.05, 4.69) is 17.4 Å². The van der Waals surface area contributed by atoms with Crippen LogP contribution in [0.15, 0.2) is 28.8 Å². The second-order valence-electron chi connectivity index (χ2n) is 5.55. The highest BCUT2D eigenvalue weighted by molar-refractivity contribution is 5.96. The molecule has 5 nitrogen and oxygen atoms in total. The maximum absolute atomic E-state index is 12.3. The number of hydrogen-bond acceptors (Lipinski definition) is 4. The molecule has 0 radical (unpaired) electrons. The van der Waals surface area contributed by atoms with Crippen molar-refractivity contribution < 1.29 is 14.1 Å². The minimum absolute atomic E-state index is 0.101. The number of aromatic nitrogens is 1. The fourth-order valence-electron chi connectivity index (χ4n) is 2.31. The number of rotatable bonds is 8. The van der Waals surface area contributed by atoms with E-state index >= 15 is 0 Å². The molecule has 1 heterocycles. The summed E-state index contributed by atoms with van der Waals surface area (Å²) in [4.78, 5) is 12.3. The molecule has 2 aromatic rings. The minimum atomic E-state index is -0.101. The number of unbranched alkanes of at least 4 members (excludes halogenated alkanes) is 2. The number of aryl methyl sites for hydroxylation is 2. The first-order valence-corrected chi connectivity index (χ1v) is 8.05. The number of nitrogens with one attached hydrogen (secondary N) is 1. The largest absolute Gasteiger partial charge is 0.488 e. The summed E-state index contributed by atoms with van der Waals surface area (Å²) in [7, 11) is 0. The molecule has 0 saturated heterocycles. The van der Waals surface area contributed by atoms with Gasteiger partial charge in [-0.15, -0.1) is 0 Å².